The fraction of sp³-hybridized carbons (Fsp3) is 0.133. The summed E-state index contributed by atoms with van der Waals surface area (Å²) in [5.74, 6) is -0.0819. The second kappa shape index (κ2) is 4.14. The second-order valence-corrected chi connectivity index (χ2v) is 4.91. The van der Waals surface area contributed by atoms with Gasteiger partial charge in [-0.05, 0) is 35.2 Å². The van der Waals surface area contributed by atoms with Crippen LogP contribution < -0.4 is 5.32 Å². The maximum atomic E-state index is 11.1. The van der Waals surface area contributed by atoms with Crippen molar-refractivity contribution in [2.24, 2.45) is 0 Å². The zero-order valence-corrected chi connectivity index (χ0v) is 10.7. The van der Waals surface area contributed by atoms with E-state index in [9.17, 15) is 4.79 Å². The van der Waals surface area contributed by atoms with Crippen LogP contribution in [0.15, 0.2) is 36.4 Å². The summed E-state index contributed by atoms with van der Waals surface area (Å²) >= 11 is 6.33. The number of benzene rings is 2. The molecule has 2 aromatic rings. The lowest BCUT2D eigenvalue weighted by atomic mass is 10.1. The van der Waals surface area contributed by atoms with Crippen LogP contribution in [0.3, 0.4) is 0 Å². The minimum absolute atomic E-state index is 0.0819. The van der Waals surface area contributed by atoms with Crippen LogP contribution >= 0.6 is 11.6 Å². The van der Waals surface area contributed by atoms with E-state index in [1.54, 1.807) is 0 Å². The highest BCUT2D eigenvalue weighted by molar-refractivity contribution is 6.34. The van der Waals surface area contributed by atoms with Gasteiger partial charge in [0.1, 0.15) is 0 Å². The van der Waals surface area contributed by atoms with E-state index in [0.29, 0.717) is 5.02 Å². The summed E-state index contributed by atoms with van der Waals surface area (Å²) in [5, 5.41) is 3.47. The van der Waals surface area contributed by atoms with Crippen molar-refractivity contribution in [3.8, 4) is 11.1 Å². The summed E-state index contributed by atoms with van der Waals surface area (Å²) in [6.07, 6.45) is 0.874. The molecule has 0 fully saturated rings. The Kier molecular flexibility index (Phi) is 2.60. The van der Waals surface area contributed by atoms with Gasteiger partial charge in [0.05, 0.1) is 5.02 Å². The Balaban J connectivity index is 2.12. The first-order chi connectivity index (χ1) is 8.65. The number of carbonyl (C=O) groups is 1. The smallest absolute Gasteiger partial charge is 0.221 e. The van der Waals surface area contributed by atoms with Gasteiger partial charge in [-0.15, -0.1) is 0 Å². The maximum Gasteiger partial charge on any atom is 0.221 e. The third-order valence-electron chi connectivity index (χ3n) is 3.16. The maximum absolute atomic E-state index is 11.1. The van der Waals surface area contributed by atoms with Gasteiger partial charge in [0.25, 0.3) is 0 Å². The minimum atomic E-state index is -0.0819. The minimum Gasteiger partial charge on any atom is -0.326 e. The molecule has 0 radical (unpaired) electrons. The number of carbonyl (C=O) groups excluding carboxylic acids is 1. The molecule has 0 aromatic heterocycles. The highest BCUT2D eigenvalue weighted by Crippen LogP contribution is 2.42. The molecule has 2 nitrogen and oxygen atoms in total. The van der Waals surface area contributed by atoms with Crippen LogP contribution in [0.2, 0.25) is 5.02 Å². The molecule has 0 saturated carbocycles. The molecule has 0 saturated heterocycles. The van der Waals surface area contributed by atoms with E-state index in [1.807, 2.05) is 24.3 Å². The first kappa shape index (κ1) is 11.3. The summed E-state index contributed by atoms with van der Waals surface area (Å²) in [4.78, 5) is 11.1. The van der Waals surface area contributed by atoms with Crippen molar-refractivity contribution in [2.75, 3.05) is 5.32 Å². The largest absolute Gasteiger partial charge is 0.326 e. The van der Waals surface area contributed by atoms with Crippen LogP contribution in [-0.2, 0) is 11.2 Å². The summed E-state index contributed by atoms with van der Waals surface area (Å²) in [5.41, 5.74) is 5.52. The molecule has 0 aliphatic heterocycles. The van der Waals surface area contributed by atoms with Crippen LogP contribution in [0.5, 0.6) is 0 Å². The van der Waals surface area contributed by atoms with Crippen LogP contribution in [-0.4, -0.2) is 5.91 Å². The van der Waals surface area contributed by atoms with E-state index < -0.39 is 0 Å². The van der Waals surface area contributed by atoms with Gasteiger partial charge in [-0.1, -0.05) is 35.9 Å². The molecule has 90 valence electrons. The molecule has 1 aliphatic carbocycles. The summed E-state index contributed by atoms with van der Waals surface area (Å²) in [6.45, 7) is 1.50. The van der Waals surface area contributed by atoms with E-state index in [4.69, 9.17) is 11.6 Å². The van der Waals surface area contributed by atoms with Crippen molar-refractivity contribution in [1.82, 2.24) is 0 Å². The number of hydrogen-bond donors (Lipinski definition) is 1. The Morgan fingerprint density at radius 3 is 2.78 bits per heavy atom. The Bertz CT molecular complexity index is 649. The first-order valence-electron chi connectivity index (χ1n) is 5.83. The molecule has 0 bridgehead atoms. The lowest BCUT2D eigenvalue weighted by molar-refractivity contribution is -0.114. The van der Waals surface area contributed by atoms with Gasteiger partial charge in [-0.3, -0.25) is 4.79 Å². The molecule has 0 unspecified atom stereocenters. The van der Waals surface area contributed by atoms with E-state index in [2.05, 4.69) is 17.4 Å². The zero-order chi connectivity index (χ0) is 12.7. The molecule has 1 N–H and O–H groups in total. The fourth-order valence-corrected chi connectivity index (χ4v) is 2.84. The molecular weight excluding hydrogens is 246 g/mol. The molecule has 0 spiro atoms. The number of fused-ring (bicyclic) bond motifs is 3. The average molecular weight is 258 g/mol. The van der Waals surface area contributed by atoms with Crippen molar-refractivity contribution in [1.29, 1.82) is 0 Å². The molecule has 3 rings (SSSR count). The SMILES string of the molecule is CC(=O)Nc1cc(Cl)c2c(c1)Cc1ccccc1-2. The van der Waals surface area contributed by atoms with Gasteiger partial charge in [0.2, 0.25) is 5.91 Å². The third kappa shape index (κ3) is 1.79. The lowest BCUT2D eigenvalue weighted by Gasteiger charge is -2.08. The molecule has 1 amide bonds. The number of nitrogens with one attached hydrogen (secondary N) is 1. The van der Waals surface area contributed by atoms with Gasteiger partial charge in [-0.25, -0.2) is 0 Å². The number of amides is 1. The Morgan fingerprint density at radius 2 is 2.00 bits per heavy atom. The van der Waals surface area contributed by atoms with Crippen molar-refractivity contribution in [3.05, 3.63) is 52.5 Å². The molecule has 0 atom stereocenters. The molecule has 2 aromatic carbocycles. The van der Waals surface area contributed by atoms with Crippen molar-refractivity contribution in [3.63, 3.8) is 0 Å². The van der Waals surface area contributed by atoms with E-state index in [0.717, 1.165) is 17.7 Å². The quantitative estimate of drug-likeness (QED) is 0.704. The van der Waals surface area contributed by atoms with Crippen LogP contribution in [0.4, 0.5) is 5.69 Å². The topological polar surface area (TPSA) is 29.1 Å². The zero-order valence-electron chi connectivity index (χ0n) is 9.96. The highest BCUT2D eigenvalue weighted by atomic mass is 35.5. The normalized spacial score (nSPS) is 11.9. The monoisotopic (exact) mass is 257 g/mol. The molecule has 0 heterocycles. The average Bonchev–Trinajstić information content (AvgIpc) is 2.66. The predicted molar refractivity (Wildman–Crippen MR) is 74.0 cm³/mol. The summed E-state index contributed by atoms with van der Waals surface area (Å²) in [7, 11) is 0. The van der Waals surface area contributed by atoms with Crippen LogP contribution in [0, 0.1) is 0 Å². The Hall–Kier alpha value is -1.80. The predicted octanol–water partition coefficient (Wildman–Crippen LogP) is 3.87. The van der Waals surface area contributed by atoms with Crippen LogP contribution in [0.1, 0.15) is 18.1 Å². The highest BCUT2D eigenvalue weighted by Gasteiger charge is 2.21. The Morgan fingerprint density at radius 1 is 1.22 bits per heavy atom. The standard InChI is InChI=1S/C15H12ClNO/c1-9(18)17-12-7-11-6-10-4-2-3-5-13(10)15(11)14(16)8-12/h2-5,7-8H,6H2,1H3,(H,17,18). The van der Waals surface area contributed by atoms with Gasteiger partial charge in [-0.2, -0.15) is 0 Å². The van der Waals surface area contributed by atoms with Gasteiger partial charge < -0.3 is 5.32 Å². The van der Waals surface area contributed by atoms with Crippen molar-refractivity contribution < 1.29 is 4.79 Å². The number of anilines is 1. The molecule has 18 heavy (non-hydrogen) atoms. The molecule has 3 heteroatoms. The summed E-state index contributed by atoms with van der Waals surface area (Å²) < 4.78 is 0. The van der Waals surface area contributed by atoms with Gasteiger partial charge in [0.15, 0.2) is 0 Å². The summed E-state index contributed by atoms with van der Waals surface area (Å²) in [6, 6.07) is 12.1. The van der Waals surface area contributed by atoms with Crippen LogP contribution in [0.25, 0.3) is 11.1 Å². The van der Waals surface area contributed by atoms with E-state index in [-0.39, 0.29) is 5.91 Å². The molecular formula is C15H12ClNO. The first-order valence-corrected chi connectivity index (χ1v) is 6.21. The number of halogens is 1. The Labute approximate surface area is 111 Å². The van der Waals surface area contributed by atoms with Crippen molar-refractivity contribution >= 4 is 23.2 Å². The fourth-order valence-electron chi connectivity index (χ4n) is 2.50. The second-order valence-electron chi connectivity index (χ2n) is 4.51. The van der Waals surface area contributed by atoms with E-state index in [1.165, 1.54) is 23.6 Å². The van der Waals surface area contributed by atoms with Gasteiger partial charge >= 0.3 is 0 Å². The van der Waals surface area contributed by atoms with E-state index >= 15 is 0 Å². The molecule has 1 aliphatic rings. The van der Waals surface area contributed by atoms with Crippen molar-refractivity contribution in [2.45, 2.75) is 13.3 Å². The lowest BCUT2D eigenvalue weighted by Crippen LogP contribution is -2.06. The number of rotatable bonds is 1. The number of hydrogen-bond acceptors (Lipinski definition) is 1. The third-order valence-corrected chi connectivity index (χ3v) is 3.46. The van der Waals surface area contributed by atoms with Gasteiger partial charge in [0, 0.05) is 18.2 Å².